The van der Waals surface area contributed by atoms with Crippen molar-refractivity contribution in [1.82, 2.24) is 0 Å². The zero-order valence-corrected chi connectivity index (χ0v) is 13.0. The largest absolute Gasteiger partial charge is 0.380 e. The fourth-order valence-corrected chi connectivity index (χ4v) is 2.04. The summed E-state index contributed by atoms with van der Waals surface area (Å²) in [5, 5.41) is 14.3. The zero-order chi connectivity index (χ0) is 15.3. The molecule has 0 radical (unpaired) electrons. The Morgan fingerprint density at radius 3 is 2.60 bits per heavy atom. The number of anilines is 1. The van der Waals surface area contributed by atoms with Crippen LogP contribution in [0.25, 0.3) is 0 Å². The van der Waals surface area contributed by atoms with E-state index in [1.54, 1.807) is 6.07 Å². The minimum atomic E-state index is -0.473. The number of halogens is 1. The van der Waals surface area contributed by atoms with Gasteiger partial charge in [0.2, 0.25) is 0 Å². The third-order valence-electron chi connectivity index (χ3n) is 3.14. The van der Waals surface area contributed by atoms with Crippen molar-refractivity contribution in [3.8, 4) is 0 Å². The Bertz CT molecular complexity index is 478. The first-order valence-corrected chi connectivity index (χ1v) is 7.03. The van der Waals surface area contributed by atoms with Gasteiger partial charge in [0.25, 0.3) is 5.69 Å². The van der Waals surface area contributed by atoms with E-state index in [9.17, 15) is 10.1 Å². The second-order valence-corrected chi connectivity index (χ2v) is 5.44. The SMILES string of the molecule is CCOCC(Nc1cc(Cl)c([N+](=O)[O-])cc1C)C(C)C. The smallest absolute Gasteiger partial charge is 0.288 e. The third-order valence-corrected chi connectivity index (χ3v) is 3.44. The molecule has 0 saturated carbocycles. The molecule has 6 heteroatoms. The van der Waals surface area contributed by atoms with E-state index in [0.717, 1.165) is 11.3 Å². The maximum atomic E-state index is 10.8. The quantitative estimate of drug-likeness (QED) is 0.610. The molecular weight excluding hydrogens is 280 g/mol. The topological polar surface area (TPSA) is 64.4 Å². The van der Waals surface area contributed by atoms with Crippen molar-refractivity contribution in [2.24, 2.45) is 5.92 Å². The molecule has 1 rings (SSSR count). The molecule has 0 saturated heterocycles. The highest BCUT2D eigenvalue weighted by Gasteiger charge is 2.18. The molecule has 0 amide bonds. The first kappa shape index (κ1) is 16.7. The second kappa shape index (κ2) is 7.45. The molecule has 0 spiro atoms. The molecule has 0 aliphatic heterocycles. The fourth-order valence-electron chi connectivity index (χ4n) is 1.81. The lowest BCUT2D eigenvalue weighted by Gasteiger charge is -2.24. The first-order valence-electron chi connectivity index (χ1n) is 6.65. The average Bonchev–Trinajstić information content (AvgIpc) is 2.37. The van der Waals surface area contributed by atoms with E-state index >= 15 is 0 Å². The molecule has 0 aliphatic rings. The van der Waals surface area contributed by atoms with Crippen LogP contribution in [0.4, 0.5) is 11.4 Å². The van der Waals surface area contributed by atoms with Crippen molar-refractivity contribution in [2.75, 3.05) is 18.5 Å². The van der Waals surface area contributed by atoms with E-state index in [2.05, 4.69) is 19.2 Å². The van der Waals surface area contributed by atoms with E-state index in [4.69, 9.17) is 16.3 Å². The maximum absolute atomic E-state index is 10.8. The van der Waals surface area contributed by atoms with Crippen molar-refractivity contribution in [3.63, 3.8) is 0 Å². The lowest BCUT2D eigenvalue weighted by atomic mass is 10.0. The molecular formula is C14H21ClN2O3. The van der Waals surface area contributed by atoms with Crippen LogP contribution in [0.15, 0.2) is 12.1 Å². The zero-order valence-electron chi connectivity index (χ0n) is 12.3. The molecule has 5 nitrogen and oxygen atoms in total. The summed E-state index contributed by atoms with van der Waals surface area (Å²) in [7, 11) is 0. The molecule has 1 aromatic rings. The van der Waals surface area contributed by atoms with Gasteiger partial charge < -0.3 is 10.1 Å². The number of hydrogen-bond acceptors (Lipinski definition) is 4. The Kier molecular flexibility index (Phi) is 6.23. The van der Waals surface area contributed by atoms with Crippen LogP contribution in [0.3, 0.4) is 0 Å². The van der Waals surface area contributed by atoms with Gasteiger partial charge >= 0.3 is 0 Å². The summed E-state index contributed by atoms with van der Waals surface area (Å²) in [6, 6.07) is 3.23. The molecule has 20 heavy (non-hydrogen) atoms. The van der Waals surface area contributed by atoms with Crippen LogP contribution in [0.5, 0.6) is 0 Å². The number of rotatable bonds is 7. The maximum Gasteiger partial charge on any atom is 0.288 e. The average molecular weight is 301 g/mol. The standard InChI is InChI=1S/C14H21ClN2O3/c1-5-20-8-13(9(2)3)16-12-7-11(15)14(17(18)19)6-10(12)4/h6-7,9,13,16H,5,8H2,1-4H3. The summed E-state index contributed by atoms with van der Waals surface area (Å²) in [4.78, 5) is 10.4. The van der Waals surface area contributed by atoms with Crippen molar-refractivity contribution in [2.45, 2.75) is 33.7 Å². The van der Waals surface area contributed by atoms with Crippen LogP contribution in [0.1, 0.15) is 26.3 Å². The van der Waals surface area contributed by atoms with Crippen molar-refractivity contribution >= 4 is 23.0 Å². The Morgan fingerprint density at radius 2 is 2.10 bits per heavy atom. The predicted octanol–water partition coefficient (Wildman–Crippen LogP) is 4.03. The highest BCUT2D eigenvalue weighted by atomic mass is 35.5. The van der Waals surface area contributed by atoms with Crippen LogP contribution in [-0.2, 0) is 4.74 Å². The Hall–Kier alpha value is -1.33. The summed E-state index contributed by atoms with van der Waals surface area (Å²) in [6.07, 6.45) is 0. The van der Waals surface area contributed by atoms with Crippen molar-refractivity contribution in [3.05, 3.63) is 32.8 Å². The number of aryl methyl sites for hydroxylation is 1. The number of ether oxygens (including phenoxy) is 1. The molecule has 0 heterocycles. The van der Waals surface area contributed by atoms with Crippen LogP contribution >= 0.6 is 11.6 Å². The Morgan fingerprint density at radius 1 is 1.45 bits per heavy atom. The monoisotopic (exact) mass is 300 g/mol. The number of hydrogen-bond donors (Lipinski definition) is 1. The minimum Gasteiger partial charge on any atom is -0.380 e. The van der Waals surface area contributed by atoms with E-state index in [0.29, 0.717) is 19.1 Å². The van der Waals surface area contributed by atoms with Gasteiger partial charge in [0.05, 0.1) is 17.6 Å². The van der Waals surface area contributed by atoms with Gasteiger partial charge in [0, 0.05) is 18.4 Å². The van der Waals surface area contributed by atoms with Gasteiger partial charge in [0.1, 0.15) is 5.02 Å². The van der Waals surface area contributed by atoms with Gasteiger partial charge in [-0.2, -0.15) is 0 Å². The number of nitro groups is 1. The van der Waals surface area contributed by atoms with Crippen LogP contribution in [0.2, 0.25) is 5.02 Å². The van der Waals surface area contributed by atoms with Gasteiger partial charge in [-0.3, -0.25) is 10.1 Å². The van der Waals surface area contributed by atoms with Gasteiger partial charge in [-0.05, 0) is 31.4 Å². The molecule has 1 unspecified atom stereocenters. The lowest BCUT2D eigenvalue weighted by Crippen LogP contribution is -2.31. The molecule has 1 aromatic carbocycles. The van der Waals surface area contributed by atoms with Crippen molar-refractivity contribution < 1.29 is 9.66 Å². The number of nitrogens with one attached hydrogen (secondary N) is 1. The normalized spacial score (nSPS) is 12.5. The molecule has 0 aliphatic carbocycles. The number of nitro benzene ring substituents is 1. The summed E-state index contributed by atoms with van der Waals surface area (Å²) in [6.45, 7) is 9.21. The second-order valence-electron chi connectivity index (χ2n) is 5.03. The molecule has 0 aromatic heterocycles. The molecule has 0 fully saturated rings. The van der Waals surface area contributed by atoms with Gasteiger partial charge in [-0.25, -0.2) is 0 Å². The van der Waals surface area contributed by atoms with Gasteiger partial charge in [0.15, 0.2) is 0 Å². The summed E-state index contributed by atoms with van der Waals surface area (Å²) in [5.41, 5.74) is 1.53. The highest BCUT2D eigenvalue weighted by molar-refractivity contribution is 6.33. The summed E-state index contributed by atoms with van der Waals surface area (Å²) < 4.78 is 5.46. The number of benzene rings is 1. The summed E-state index contributed by atoms with van der Waals surface area (Å²) in [5.74, 6) is 0.370. The third kappa shape index (κ3) is 4.35. The summed E-state index contributed by atoms with van der Waals surface area (Å²) >= 11 is 5.95. The van der Waals surface area contributed by atoms with Crippen LogP contribution in [-0.4, -0.2) is 24.2 Å². The molecule has 1 atom stereocenters. The van der Waals surface area contributed by atoms with E-state index < -0.39 is 4.92 Å². The Labute approximate surface area is 124 Å². The van der Waals surface area contributed by atoms with Crippen LogP contribution in [0, 0.1) is 23.0 Å². The highest BCUT2D eigenvalue weighted by Crippen LogP contribution is 2.31. The molecule has 1 N–H and O–H groups in total. The van der Waals surface area contributed by atoms with E-state index in [-0.39, 0.29) is 16.8 Å². The molecule has 0 bridgehead atoms. The van der Waals surface area contributed by atoms with E-state index in [1.165, 1.54) is 6.07 Å². The van der Waals surface area contributed by atoms with Gasteiger partial charge in [-0.1, -0.05) is 25.4 Å². The predicted molar refractivity (Wildman–Crippen MR) is 81.6 cm³/mol. The minimum absolute atomic E-state index is 0.0689. The molecule has 112 valence electrons. The fraction of sp³-hybridized carbons (Fsp3) is 0.571. The van der Waals surface area contributed by atoms with E-state index in [1.807, 2.05) is 13.8 Å². The van der Waals surface area contributed by atoms with Gasteiger partial charge in [-0.15, -0.1) is 0 Å². The Balaban J connectivity index is 2.95. The first-order chi connectivity index (χ1) is 9.36. The lowest BCUT2D eigenvalue weighted by molar-refractivity contribution is -0.384. The number of nitrogens with zero attached hydrogens (tertiary/aromatic N) is 1. The van der Waals surface area contributed by atoms with Crippen LogP contribution < -0.4 is 5.32 Å². The van der Waals surface area contributed by atoms with Crippen molar-refractivity contribution in [1.29, 1.82) is 0 Å².